The van der Waals surface area contributed by atoms with E-state index in [0.29, 0.717) is 16.3 Å². The summed E-state index contributed by atoms with van der Waals surface area (Å²) in [7, 11) is 0. The van der Waals surface area contributed by atoms with Crippen LogP contribution in [0.2, 0.25) is 0 Å². The van der Waals surface area contributed by atoms with Crippen molar-refractivity contribution in [3.05, 3.63) is 70.2 Å². The normalized spacial score (nSPS) is 10.8. The molecule has 0 atom stereocenters. The average Bonchev–Trinajstić information content (AvgIpc) is 3.09. The molecule has 5 nitrogen and oxygen atoms in total. The lowest BCUT2D eigenvalue weighted by molar-refractivity contribution is -0.0502. The fraction of sp³-hybridized carbons (Fsp3) is 0.190. The summed E-state index contributed by atoms with van der Waals surface area (Å²) >= 11 is 1.16. The number of hydrogen-bond donors (Lipinski definition) is 0. The van der Waals surface area contributed by atoms with Gasteiger partial charge in [-0.05, 0) is 26.0 Å². The zero-order valence-corrected chi connectivity index (χ0v) is 16.5. The topological polar surface area (TPSA) is 65.5 Å². The number of aromatic nitrogens is 1. The third-order valence-corrected chi connectivity index (χ3v) is 5.18. The zero-order valence-electron chi connectivity index (χ0n) is 15.6. The summed E-state index contributed by atoms with van der Waals surface area (Å²) in [4.78, 5) is 29.5. The molecule has 0 saturated carbocycles. The molecule has 8 heteroatoms. The Kier molecular flexibility index (Phi) is 6.33. The molecule has 0 bridgehead atoms. The fourth-order valence-corrected chi connectivity index (χ4v) is 3.59. The van der Waals surface area contributed by atoms with Gasteiger partial charge < -0.3 is 9.47 Å². The highest BCUT2D eigenvalue weighted by molar-refractivity contribution is 7.17. The zero-order chi connectivity index (χ0) is 21.0. The highest BCUT2D eigenvalue weighted by Crippen LogP contribution is 2.28. The highest BCUT2D eigenvalue weighted by atomic mass is 32.1. The number of halogens is 2. The van der Waals surface area contributed by atoms with E-state index in [1.807, 2.05) is 30.3 Å². The van der Waals surface area contributed by atoms with Crippen LogP contribution < -0.4 is 4.74 Å². The van der Waals surface area contributed by atoms with E-state index in [1.54, 1.807) is 19.9 Å². The number of esters is 1. The monoisotopic (exact) mass is 417 g/mol. The lowest BCUT2D eigenvalue weighted by atomic mass is 10.1. The number of benzene rings is 2. The number of ether oxygens (including phenoxy) is 2. The summed E-state index contributed by atoms with van der Waals surface area (Å²) in [6.45, 7) is -0.278. The molecule has 0 spiro atoms. The molecule has 0 amide bonds. The van der Waals surface area contributed by atoms with Crippen molar-refractivity contribution >= 4 is 23.1 Å². The van der Waals surface area contributed by atoms with Gasteiger partial charge in [-0.25, -0.2) is 9.78 Å². The molecule has 29 heavy (non-hydrogen) atoms. The van der Waals surface area contributed by atoms with Crippen molar-refractivity contribution in [2.45, 2.75) is 20.5 Å². The van der Waals surface area contributed by atoms with Gasteiger partial charge in [0.05, 0.1) is 11.3 Å². The number of aryl methyl sites for hydroxylation is 2. The Labute approximate surface area is 169 Å². The van der Waals surface area contributed by atoms with E-state index in [0.717, 1.165) is 16.9 Å². The number of alkyl halides is 2. The minimum Gasteiger partial charge on any atom is -0.453 e. The molecule has 0 radical (unpaired) electrons. The molecule has 2 aromatic carbocycles. The fourth-order valence-electron chi connectivity index (χ4n) is 2.62. The third-order valence-electron chi connectivity index (χ3n) is 3.99. The van der Waals surface area contributed by atoms with Gasteiger partial charge in [-0.3, -0.25) is 4.79 Å². The van der Waals surface area contributed by atoms with Gasteiger partial charge in [-0.15, -0.1) is 11.3 Å². The van der Waals surface area contributed by atoms with Crippen molar-refractivity contribution < 1.29 is 27.8 Å². The van der Waals surface area contributed by atoms with Crippen molar-refractivity contribution in [3.8, 4) is 16.3 Å². The molecule has 1 aromatic heterocycles. The predicted molar refractivity (Wildman–Crippen MR) is 105 cm³/mol. The Morgan fingerprint density at radius 3 is 2.52 bits per heavy atom. The van der Waals surface area contributed by atoms with Crippen LogP contribution in [-0.2, 0) is 4.74 Å². The molecular formula is C21H17F2NO4S. The van der Waals surface area contributed by atoms with E-state index >= 15 is 0 Å². The Bertz CT molecular complexity index is 1030. The minimum absolute atomic E-state index is 0.0656. The van der Waals surface area contributed by atoms with Crippen LogP contribution >= 0.6 is 11.3 Å². The van der Waals surface area contributed by atoms with Gasteiger partial charge in [0.2, 0.25) is 5.78 Å². The summed E-state index contributed by atoms with van der Waals surface area (Å²) in [5.74, 6) is -1.59. The molecule has 1 heterocycles. The molecule has 0 aliphatic heterocycles. The maximum atomic E-state index is 12.6. The molecule has 150 valence electrons. The van der Waals surface area contributed by atoms with Crippen LogP contribution in [0.15, 0.2) is 48.5 Å². The second-order valence-electron chi connectivity index (χ2n) is 6.18. The Morgan fingerprint density at radius 1 is 1.10 bits per heavy atom. The molecule has 0 aliphatic rings. The van der Waals surface area contributed by atoms with Gasteiger partial charge in [0.1, 0.15) is 15.6 Å². The number of rotatable bonds is 7. The van der Waals surface area contributed by atoms with Gasteiger partial charge in [0, 0.05) is 5.56 Å². The number of nitrogens with zero attached hydrogens (tertiary/aromatic N) is 1. The molecule has 0 saturated heterocycles. The lowest BCUT2D eigenvalue weighted by Crippen LogP contribution is -2.16. The first-order chi connectivity index (χ1) is 13.8. The Morgan fingerprint density at radius 2 is 1.83 bits per heavy atom. The van der Waals surface area contributed by atoms with Crippen molar-refractivity contribution in [2.24, 2.45) is 0 Å². The van der Waals surface area contributed by atoms with Gasteiger partial charge in [-0.1, -0.05) is 42.0 Å². The van der Waals surface area contributed by atoms with E-state index in [1.165, 1.54) is 12.1 Å². The van der Waals surface area contributed by atoms with Gasteiger partial charge >= 0.3 is 12.6 Å². The second-order valence-corrected chi connectivity index (χ2v) is 7.18. The molecule has 0 fully saturated rings. The van der Waals surface area contributed by atoms with E-state index in [9.17, 15) is 18.4 Å². The molecule has 0 unspecified atom stereocenters. The quantitative estimate of drug-likeness (QED) is 0.397. The van der Waals surface area contributed by atoms with Crippen LogP contribution in [0, 0.1) is 13.8 Å². The number of carbonyl (C=O) groups is 2. The van der Waals surface area contributed by atoms with Crippen LogP contribution in [0.3, 0.4) is 0 Å². The van der Waals surface area contributed by atoms with Crippen LogP contribution in [0.25, 0.3) is 10.6 Å². The van der Waals surface area contributed by atoms with Crippen LogP contribution in [0.1, 0.15) is 31.3 Å². The van der Waals surface area contributed by atoms with Crippen molar-refractivity contribution in [1.29, 1.82) is 0 Å². The first kappa shape index (κ1) is 20.6. The minimum atomic E-state index is -3.07. The van der Waals surface area contributed by atoms with Crippen molar-refractivity contribution in [2.75, 3.05) is 6.61 Å². The number of carbonyl (C=O) groups excluding carboxylic acids is 2. The van der Waals surface area contributed by atoms with Gasteiger partial charge in [0.15, 0.2) is 6.61 Å². The van der Waals surface area contributed by atoms with Crippen LogP contribution in [-0.4, -0.2) is 30.0 Å². The number of ketones is 1. The molecule has 0 N–H and O–H groups in total. The molecule has 3 rings (SSSR count). The number of Topliss-reactive ketones (excluding diaryl/α,β-unsaturated/α-hetero) is 1. The first-order valence-electron chi connectivity index (χ1n) is 8.64. The van der Waals surface area contributed by atoms with E-state index in [4.69, 9.17) is 4.74 Å². The number of hydrogen-bond acceptors (Lipinski definition) is 6. The molecule has 3 aromatic rings. The first-order valence-corrected chi connectivity index (χ1v) is 9.45. The van der Waals surface area contributed by atoms with Crippen molar-refractivity contribution in [3.63, 3.8) is 0 Å². The summed E-state index contributed by atoms with van der Waals surface area (Å²) in [6, 6.07) is 13.6. The van der Waals surface area contributed by atoms with E-state index in [2.05, 4.69) is 9.72 Å². The predicted octanol–water partition coefficient (Wildman–Crippen LogP) is 5.07. The third kappa shape index (κ3) is 5.03. The Balaban J connectivity index is 1.72. The average molecular weight is 417 g/mol. The summed E-state index contributed by atoms with van der Waals surface area (Å²) in [5.41, 5.74) is 1.98. The Hall–Kier alpha value is -3.13. The maximum Gasteiger partial charge on any atom is 0.387 e. The largest absolute Gasteiger partial charge is 0.453 e. The lowest BCUT2D eigenvalue weighted by Gasteiger charge is -2.11. The SMILES string of the molecule is Cc1ccc(OC(F)F)c(C(=O)COC(=O)c2sc(-c3ccccc3)nc2C)c1. The summed E-state index contributed by atoms with van der Waals surface area (Å²) in [5, 5.41) is 0.660. The molecule has 0 aliphatic carbocycles. The second kappa shape index (κ2) is 8.91. The van der Waals surface area contributed by atoms with Crippen LogP contribution in [0.5, 0.6) is 5.75 Å². The van der Waals surface area contributed by atoms with Crippen LogP contribution in [0.4, 0.5) is 8.78 Å². The highest BCUT2D eigenvalue weighted by Gasteiger charge is 2.21. The van der Waals surface area contributed by atoms with Gasteiger partial charge in [0.25, 0.3) is 0 Å². The smallest absolute Gasteiger partial charge is 0.387 e. The standard InChI is InChI=1S/C21H17F2NO4S/c1-12-8-9-17(28-21(22)23)15(10-12)16(25)11-27-20(26)18-13(2)24-19(29-18)14-6-4-3-5-7-14/h3-10,21H,11H2,1-2H3. The maximum absolute atomic E-state index is 12.6. The number of thiazole rings is 1. The van der Waals surface area contributed by atoms with E-state index in [-0.39, 0.29) is 16.2 Å². The van der Waals surface area contributed by atoms with E-state index < -0.39 is 25.0 Å². The summed E-state index contributed by atoms with van der Waals surface area (Å²) in [6.07, 6.45) is 0. The van der Waals surface area contributed by atoms with Gasteiger partial charge in [-0.2, -0.15) is 8.78 Å². The summed E-state index contributed by atoms with van der Waals surface area (Å²) < 4.78 is 34.6. The molecular weight excluding hydrogens is 400 g/mol. The van der Waals surface area contributed by atoms with Crippen molar-refractivity contribution in [1.82, 2.24) is 4.98 Å².